The molecule has 7 nitrogen and oxygen atoms in total. The number of hydrogen-bond donors (Lipinski definition) is 5. The first kappa shape index (κ1) is 25.2. The molecule has 1 amide bonds. The lowest BCUT2D eigenvalue weighted by molar-refractivity contribution is -0.115. The number of phenols is 2. The van der Waals surface area contributed by atoms with Crippen LogP contribution in [0.4, 0.5) is 5.82 Å². The highest BCUT2D eigenvalue weighted by Crippen LogP contribution is 2.25. The van der Waals surface area contributed by atoms with E-state index in [1.54, 1.807) is 6.20 Å². The number of aromatic hydroxyl groups is 2. The van der Waals surface area contributed by atoms with Crippen LogP contribution >= 0.6 is 0 Å². The van der Waals surface area contributed by atoms with Crippen LogP contribution in [-0.4, -0.2) is 38.3 Å². The molecule has 1 aromatic heterocycles. The Morgan fingerprint density at radius 2 is 1.67 bits per heavy atom. The zero-order valence-electron chi connectivity index (χ0n) is 20.4. The van der Waals surface area contributed by atoms with Crippen molar-refractivity contribution in [1.29, 1.82) is 0 Å². The number of nitrogens with one attached hydrogen (secondary N) is 2. The van der Waals surface area contributed by atoms with Crippen LogP contribution in [0.1, 0.15) is 36.6 Å². The fraction of sp³-hybridized carbons (Fsp3) is 0.241. The average molecular weight is 486 g/mol. The fourth-order valence-corrected chi connectivity index (χ4v) is 4.30. The van der Waals surface area contributed by atoms with E-state index in [9.17, 15) is 20.1 Å². The van der Waals surface area contributed by atoms with E-state index in [1.807, 2.05) is 68.4 Å². The van der Waals surface area contributed by atoms with E-state index >= 15 is 0 Å². The van der Waals surface area contributed by atoms with Crippen molar-refractivity contribution in [3.63, 3.8) is 0 Å². The standard InChI is InChI=1S/C29H31N3O4/c1-29(2,31-18-26(35)22-14-23(33)16-24(34)15-22)17-20-7-5-6-19(12-20)13-27(36)32-28-25-9-4-3-8-21(25)10-11-30-28/h3-12,14-16,26,31,33-35H,13,17-18H2,1-2H3,(H,30,32,36). The predicted octanol–water partition coefficient (Wildman–Crippen LogP) is 4.47. The van der Waals surface area contributed by atoms with Gasteiger partial charge in [0, 0.05) is 29.7 Å². The van der Waals surface area contributed by atoms with Crippen LogP contribution in [0.5, 0.6) is 11.5 Å². The van der Waals surface area contributed by atoms with Gasteiger partial charge < -0.3 is 26.0 Å². The maximum Gasteiger partial charge on any atom is 0.229 e. The van der Waals surface area contributed by atoms with E-state index in [2.05, 4.69) is 15.6 Å². The molecule has 4 aromatic rings. The predicted molar refractivity (Wildman–Crippen MR) is 141 cm³/mol. The van der Waals surface area contributed by atoms with Crippen LogP contribution in [0.3, 0.4) is 0 Å². The van der Waals surface area contributed by atoms with Crippen molar-refractivity contribution in [2.45, 2.75) is 38.3 Å². The minimum absolute atomic E-state index is 0.0969. The minimum atomic E-state index is -0.889. The second kappa shape index (κ2) is 10.8. The number of amides is 1. The molecule has 7 heteroatoms. The Morgan fingerprint density at radius 3 is 2.44 bits per heavy atom. The molecule has 0 fully saturated rings. The molecule has 36 heavy (non-hydrogen) atoms. The van der Waals surface area contributed by atoms with Gasteiger partial charge in [-0.1, -0.05) is 48.5 Å². The third-order valence-electron chi connectivity index (χ3n) is 6.02. The zero-order valence-corrected chi connectivity index (χ0v) is 20.4. The van der Waals surface area contributed by atoms with Gasteiger partial charge in [0.05, 0.1) is 12.5 Å². The van der Waals surface area contributed by atoms with Crippen LogP contribution in [-0.2, 0) is 17.6 Å². The summed E-state index contributed by atoms with van der Waals surface area (Å²) in [6.45, 7) is 4.31. The third-order valence-corrected chi connectivity index (χ3v) is 6.02. The molecule has 0 aliphatic heterocycles. The summed E-state index contributed by atoms with van der Waals surface area (Å²) >= 11 is 0. The molecule has 0 aliphatic carbocycles. The summed E-state index contributed by atoms with van der Waals surface area (Å²) in [5.74, 6) is 0.227. The lowest BCUT2D eigenvalue weighted by Crippen LogP contribution is -2.43. The van der Waals surface area contributed by atoms with Gasteiger partial charge in [-0.05, 0) is 60.5 Å². The highest BCUT2D eigenvalue weighted by molar-refractivity contribution is 6.00. The van der Waals surface area contributed by atoms with Crippen LogP contribution in [0.25, 0.3) is 10.8 Å². The molecular formula is C29H31N3O4. The quantitative estimate of drug-likeness (QED) is 0.239. The number of aliphatic hydroxyl groups excluding tert-OH is 1. The van der Waals surface area contributed by atoms with Gasteiger partial charge >= 0.3 is 0 Å². The first-order valence-electron chi connectivity index (χ1n) is 11.9. The summed E-state index contributed by atoms with van der Waals surface area (Å²) in [5, 5.41) is 38.0. The molecule has 0 radical (unpaired) electrons. The number of rotatable bonds is 9. The Morgan fingerprint density at radius 1 is 0.944 bits per heavy atom. The number of anilines is 1. The van der Waals surface area contributed by atoms with Gasteiger partial charge in [-0.2, -0.15) is 0 Å². The number of aliphatic hydroxyl groups is 1. The summed E-state index contributed by atoms with van der Waals surface area (Å²) in [6, 6.07) is 21.7. The number of aromatic nitrogens is 1. The third kappa shape index (κ3) is 6.59. The SMILES string of the molecule is CC(C)(Cc1cccc(CC(=O)Nc2nccc3ccccc23)c1)NCC(O)c1cc(O)cc(O)c1. The van der Waals surface area contributed by atoms with E-state index < -0.39 is 6.10 Å². The van der Waals surface area contributed by atoms with Crippen LogP contribution in [0.2, 0.25) is 0 Å². The number of carbonyl (C=O) groups excluding carboxylic acids is 1. The van der Waals surface area contributed by atoms with Crippen molar-refractivity contribution in [3.05, 3.63) is 95.7 Å². The maximum absolute atomic E-state index is 12.8. The maximum atomic E-state index is 12.8. The van der Waals surface area contributed by atoms with Gasteiger partial charge in [-0.3, -0.25) is 4.79 Å². The minimum Gasteiger partial charge on any atom is -0.508 e. The number of nitrogens with zero attached hydrogens (tertiary/aromatic N) is 1. The molecule has 1 atom stereocenters. The summed E-state index contributed by atoms with van der Waals surface area (Å²) in [7, 11) is 0. The Balaban J connectivity index is 1.36. The topological polar surface area (TPSA) is 115 Å². The van der Waals surface area contributed by atoms with E-state index in [0.29, 0.717) is 17.8 Å². The molecule has 3 aromatic carbocycles. The number of carbonyl (C=O) groups is 1. The monoisotopic (exact) mass is 485 g/mol. The Kier molecular flexibility index (Phi) is 7.52. The highest BCUT2D eigenvalue weighted by Gasteiger charge is 2.21. The van der Waals surface area contributed by atoms with Crippen molar-refractivity contribution < 1.29 is 20.1 Å². The number of benzene rings is 3. The molecule has 1 heterocycles. The molecule has 0 saturated heterocycles. The molecule has 0 spiro atoms. The van der Waals surface area contributed by atoms with Crippen molar-refractivity contribution in [3.8, 4) is 11.5 Å². The fourth-order valence-electron chi connectivity index (χ4n) is 4.30. The van der Waals surface area contributed by atoms with E-state index in [0.717, 1.165) is 21.9 Å². The highest BCUT2D eigenvalue weighted by atomic mass is 16.3. The molecular weight excluding hydrogens is 454 g/mol. The van der Waals surface area contributed by atoms with E-state index in [4.69, 9.17) is 0 Å². The second-order valence-electron chi connectivity index (χ2n) is 9.67. The first-order valence-corrected chi connectivity index (χ1v) is 11.9. The van der Waals surface area contributed by atoms with Gasteiger partial charge in [0.15, 0.2) is 0 Å². The molecule has 0 bridgehead atoms. The summed E-state index contributed by atoms with van der Waals surface area (Å²) in [4.78, 5) is 17.1. The van der Waals surface area contributed by atoms with Gasteiger partial charge in [0.25, 0.3) is 0 Å². The molecule has 4 rings (SSSR count). The number of phenolic OH excluding ortho intramolecular Hbond substituents is 2. The Hall–Kier alpha value is -3.94. The lowest BCUT2D eigenvalue weighted by Gasteiger charge is -2.28. The van der Waals surface area contributed by atoms with Crippen molar-refractivity contribution in [1.82, 2.24) is 10.3 Å². The van der Waals surface area contributed by atoms with Crippen LogP contribution < -0.4 is 10.6 Å². The number of pyridine rings is 1. The molecule has 0 saturated carbocycles. The zero-order chi connectivity index (χ0) is 25.7. The van der Waals surface area contributed by atoms with Crippen LogP contribution in [0, 0.1) is 0 Å². The van der Waals surface area contributed by atoms with Crippen molar-refractivity contribution in [2.24, 2.45) is 0 Å². The summed E-state index contributed by atoms with van der Waals surface area (Å²) in [6.07, 6.45) is 1.70. The van der Waals surface area contributed by atoms with Crippen molar-refractivity contribution in [2.75, 3.05) is 11.9 Å². The number of β-amino-alcohol motifs (C(OH)–C–C–N with tert-alkyl or cyclic N) is 1. The lowest BCUT2D eigenvalue weighted by atomic mass is 9.93. The average Bonchev–Trinajstić information content (AvgIpc) is 2.82. The molecule has 1 unspecified atom stereocenters. The van der Waals surface area contributed by atoms with Gasteiger partial charge in [-0.25, -0.2) is 4.98 Å². The summed E-state index contributed by atoms with van der Waals surface area (Å²) < 4.78 is 0. The number of hydrogen-bond acceptors (Lipinski definition) is 6. The smallest absolute Gasteiger partial charge is 0.229 e. The Bertz CT molecular complexity index is 1340. The molecule has 186 valence electrons. The summed E-state index contributed by atoms with van der Waals surface area (Å²) in [5.41, 5.74) is 2.04. The second-order valence-corrected chi connectivity index (χ2v) is 9.67. The van der Waals surface area contributed by atoms with Gasteiger partial charge in [0.2, 0.25) is 5.91 Å². The van der Waals surface area contributed by atoms with Crippen LogP contribution in [0.15, 0.2) is 79.0 Å². The normalized spacial score (nSPS) is 12.4. The number of fused-ring (bicyclic) bond motifs is 1. The van der Waals surface area contributed by atoms with Gasteiger partial charge in [0.1, 0.15) is 17.3 Å². The molecule has 0 aliphatic rings. The first-order chi connectivity index (χ1) is 17.2. The van der Waals surface area contributed by atoms with E-state index in [-0.39, 0.29) is 35.9 Å². The Labute approximate surface area is 210 Å². The largest absolute Gasteiger partial charge is 0.508 e. The van der Waals surface area contributed by atoms with E-state index in [1.165, 1.54) is 18.2 Å². The molecule has 5 N–H and O–H groups in total. The van der Waals surface area contributed by atoms with Crippen molar-refractivity contribution >= 4 is 22.5 Å². The van der Waals surface area contributed by atoms with Gasteiger partial charge in [-0.15, -0.1) is 0 Å².